The highest BCUT2D eigenvalue weighted by atomic mass is 19.1. The number of anilines is 1. The lowest BCUT2D eigenvalue weighted by molar-refractivity contribution is -0.241. The first-order chi connectivity index (χ1) is 18.5. The van der Waals surface area contributed by atoms with E-state index in [1.165, 1.54) is 19.2 Å². The molecule has 0 saturated carbocycles. The number of halogens is 1. The van der Waals surface area contributed by atoms with Gasteiger partial charge in [-0.3, -0.25) is 23.9 Å². The molecule has 1 aromatic heterocycles. The van der Waals surface area contributed by atoms with E-state index in [0.29, 0.717) is 0 Å². The summed E-state index contributed by atoms with van der Waals surface area (Å²) in [4.78, 5) is 50.7. The summed E-state index contributed by atoms with van der Waals surface area (Å²) in [5.41, 5.74) is 4.07. The minimum absolute atomic E-state index is 0.193. The lowest BCUT2D eigenvalue weighted by Crippen LogP contribution is -2.53. The second-order valence-corrected chi connectivity index (χ2v) is 8.62. The van der Waals surface area contributed by atoms with Gasteiger partial charge in [-0.15, -0.1) is 0 Å². The average Bonchev–Trinajstić information content (AvgIpc) is 3.21. The summed E-state index contributed by atoms with van der Waals surface area (Å²) in [5, 5.41) is 33.9. The van der Waals surface area contributed by atoms with E-state index in [4.69, 9.17) is 24.7 Å². The van der Waals surface area contributed by atoms with Crippen LogP contribution in [-0.2, 0) is 28.5 Å². The molecule has 210 valence electrons. The second kappa shape index (κ2) is 11.4. The van der Waals surface area contributed by atoms with Gasteiger partial charge in [0.2, 0.25) is 12.2 Å². The van der Waals surface area contributed by atoms with Crippen LogP contribution in [-0.4, -0.2) is 86.7 Å². The molecule has 4 rings (SSSR count). The van der Waals surface area contributed by atoms with Crippen LogP contribution in [0.25, 0.3) is 0 Å². The Hall–Kier alpha value is -3.93. The number of carbonyl (C=O) groups excluding carboxylic acids is 2. The van der Waals surface area contributed by atoms with Crippen LogP contribution in [0.3, 0.4) is 0 Å². The van der Waals surface area contributed by atoms with Gasteiger partial charge in [0.1, 0.15) is 36.3 Å². The zero-order chi connectivity index (χ0) is 28.4. The first-order valence-electron chi connectivity index (χ1n) is 11.4. The summed E-state index contributed by atoms with van der Waals surface area (Å²) in [6.07, 6.45) is -11.0. The summed E-state index contributed by atoms with van der Waals surface area (Å²) >= 11 is 0. The number of primary amides is 1. The molecule has 2 aliphatic rings. The molecule has 15 nitrogen and oxygen atoms in total. The topological polar surface area (TPSA) is 225 Å². The maximum atomic E-state index is 13.1. The SMILES string of the molecule is CO[C@H]1[C@@H](O)[C@H](n2ccc(=O)[nH]c2=O)O[C@@H]1C(O[C@H]1OC(C(=O)Nc2ccc(F)cc2)=C[C@H](O)[C@@H]1O)C(N)=O. The van der Waals surface area contributed by atoms with Crippen molar-refractivity contribution >= 4 is 17.5 Å². The summed E-state index contributed by atoms with van der Waals surface area (Å²) in [5.74, 6) is -3.09. The normalized spacial score (nSPS) is 29.3. The van der Waals surface area contributed by atoms with E-state index in [1.54, 1.807) is 0 Å². The molecule has 2 aliphatic heterocycles. The zero-order valence-corrected chi connectivity index (χ0v) is 20.2. The van der Waals surface area contributed by atoms with E-state index in [-0.39, 0.29) is 5.69 Å². The summed E-state index contributed by atoms with van der Waals surface area (Å²) in [6.45, 7) is 0. The second-order valence-electron chi connectivity index (χ2n) is 8.62. The predicted molar refractivity (Wildman–Crippen MR) is 126 cm³/mol. The number of H-pyrrole nitrogens is 1. The van der Waals surface area contributed by atoms with Crippen LogP contribution in [0.5, 0.6) is 0 Å². The molecule has 1 unspecified atom stereocenters. The molecule has 16 heteroatoms. The number of aromatic amines is 1. The smallest absolute Gasteiger partial charge is 0.330 e. The molecule has 2 aromatic rings. The molecule has 39 heavy (non-hydrogen) atoms. The van der Waals surface area contributed by atoms with E-state index >= 15 is 0 Å². The summed E-state index contributed by atoms with van der Waals surface area (Å²) < 4.78 is 35.9. The van der Waals surface area contributed by atoms with E-state index in [2.05, 4.69) is 5.32 Å². The van der Waals surface area contributed by atoms with Crippen LogP contribution in [0.15, 0.2) is 58.0 Å². The Kier molecular flexibility index (Phi) is 8.24. The van der Waals surface area contributed by atoms with Gasteiger partial charge in [0, 0.05) is 25.1 Å². The highest BCUT2D eigenvalue weighted by molar-refractivity contribution is 6.02. The van der Waals surface area contributed by atoms with Crippen LogP contribution in [0.1, 0.15) is 6.23 Å². The molecule has 0 radical (unpaired) electrons. The number of ether oxygens (including phenoxy) is 4. The standard InChI is InChI=1S/C23H25FN4O11/c1-36-16-15(32)21(28-7-6-13(30)27-23(28)35)38-17(16)18(19(25)33)39-22-14(31)11(29)8-12(37-22)20(34)26-10-4-2-9(24)3-5-10/h2-8,11,14-18,21-22,29,31-32H,1H3,(H2,25,33)(H,26,34)(H,27,30,35)/t11-,14-,15+,16-,17-,18?,21+,22+/m0/s1. The zero-order valence-electron chi connectivity index (χ0n) is 20.2. The van der Waals surface area contributed by atoms with Crippen LogP contribution >= 0.6 is 0 Å². The van der Waals surface area contributed by atoms with Crippen LogP contribution in [0, 0.1) is 5.82 Å². The Morgan fingerprint density at radius 3 is 2.46 bits per heavy atom. The molecule has 8 atom stereocenters. The Morgan fingerprint density at radius 1 is 1.15 bits per heavy atom. The number of rotatable bonds is 8. The van der Waals surface area contributed by atoms with Crippen molar-refractivity contribution in [2.24, 2.45) is 5.73 Å². The first kappa shape index (κ1) is 28.1. The minimum atomic E-state index is -1.84. The van der Waals surface area contributed by atoms with Gasteiger partial charge in [-0.25, -0.2) is 9.18 Å². The van der Waals surface area contributed by atoms with Gasteiger partial charge in [0.15, 0.2) is 18.1 Å². The fourth-order valence-electron chi connectivity index (χ4n) is 4.11. The number of nitrogens with zero attached hydrogens (tertiary/aromatic N) is 1. The third-order valence-electron chi connectivity index (χ3n) is 6.03. The minimum Gasteiger partial charge on any atom is -0.456 e. The fraction of sp³-hybridized carbons (Fsp3) is 0.391. The molecule has 1 saturated heterocycles. The van der Waals surface area contributed by atoms with Crippen molar-refractivity contribution in [2.45, 2.75) is 49.1 Å². The van der Waals surface area contributed by atoms with Crippen molar-refractivity contribution in [3.63, 3.8) is 0 Å². The third-order valence-corrected chi connectivity index (χ3v) is 6.03. The molecule has 0 aliphatic carbocycles. The number of nitrogens with two attached hydrogens (primary N) is 1. The van der Waals surface area contributed by atoms with Crippen molar-refractivity contribution in [3.8, 4) is 0 Å². The van der Waals surface area contributed by atoms with E-state index in [9.17, 15) is 38.9 Å². The molecule has 1 fully saturated rings. The quantitative estimate of drug-likeness (QED) is 0.199. The summed E-state index contributed by atoms with van der Waals surface area (Å²) in [7, 11) is 1.18. The third kappa shape index (κ3) is 5.90. The molecule has 3 heterocycles. The monoisotopic (exact) mass is 552 g/mol. The highest BCUT2D eigenvalue weighted by Gasteiger charge is 2.52. The fourth-order valence-corrected chi connectivity index (χ4v) is 4.11. The van der Waals surface area contributed by atoms with Crippen molar-refractivity contribution in [1.29, 1.82) is 0 Å². The number of benzene rings is 1. The number of nitrogens with one attached hydrogen (secondary N) is 2. The molecule has 2 amide bonds. The average molecular weight is 552 g/mol. The predicted octanol–water partition coefficient (Wildman–Crippen LogP) is -2.58. The lowest BCUT2D eigenvalue weighted by Gasteiger charge is -2.35. The van der Waals surface area contributed by atoms with E-state index in [0.717, 1.165) is 35.0 Å². The maximum absolute atomic E-state index is 13.1. The van der Waals surface area contributed by atoms with Crippen LogP contribution in [0.2, 0.25) is 0 Å². The van der Waals surface area contributed by atoms with Crippen LogP contribution < -0.4 is 22.3 Å². The first-order valence-corrected chi connectivity index (χ1v) is 11.4. The van der Waals surface area contributed by atoms with Crippen molar-refractivity contribution in [1.82, 2.24) is 9.55 Å². The van der Waals surface area contributed by atoms with Crippen molar-refractivity contribution in [2.75, 3.05) is 12.4 Å². The van der Waals surface area contributed by atoms with Crippen molar-refractivity contribution < 1.29 is 48.2 Å². The Bertz CT molecular complexity index is 1360. The Morgan fingerprint density at radius 2 is 1.85 bits per heavy atom. The molecule has 7 N–H and O–H groups in total. The molecule has 1 aromatic carbocycles. The lowest BCUT2D eigenvalue weighted by atomic mass is 10.0. The van der Waals surface area contributed by atoms with Gasteiger partial charge in [0.25, 0.3) is 11.5 Å². The van der Waals surface area contributed by atoms with Gasteiger partial charge in [-0.2, -0.15) is 0 Å². The largest absolute Gasteiger partial charge is 0.456 e. The molecular formula is C23H25FN4O11. The van der Waals surface area contributed by atoms with E-state index in [1.807, 2.05) is 4.98 Å². The number of amides is 2. The molecule has 0 spiro atoms. The number of aromatic nitrogens is 2. The summed E-state index contributed by atoms with van der Waals surface area (Å²) in [6, 6.07) is 5.76. The number of carbonyl (C=O) groups is 2. The highest BCUT2D eigenvalue weighted by Crippen LogP contribution is 2.34. The number of aliphatic hydroxyl groups excluding tert-OH is 3. The van der Waals surface area contributed by atoms with Gasteiger partial charge in [0.05, 0.1) is 0 Å². The van der Waals surface area contributed by atoms with Crippen molar-refractivity contribution in [3.05, 3.63) is 75.0 Å². The number of aliphatic hydroxyl groups is 3. The van der Waals surface area contributed by atoms with Gasteiger partial charge >= 0.3 is 5.69 Å². The van der Waals surface area contributed by atoms with Gasteiger partial charge in [-0.1, -0.05) is 0 Å². The van der Waals surface area contributed by atoms with E-state index < -0.39 is 83.8 Å². The number of hydrogen-bond donors (Lipinski definition) is 6. The Balaban J connectivity index is 1.54. The van der Waals surface area contributed by atoms with Crippen LogP contribution in [0.4, 0.5) is 10.1 Å². The van der Waals surface area contributed by atoms with Gasteiger partial charge < -0.3 is 45.3 Å². The van der Waals surface area contributed by atoms with Gasteiger partial charge in [-0.05, 0) is 30.3 Å². The molecule has 0 bridgehead atoms. The number of hydrogen-bond acceptors (Lipinski definition) is 11. The maximum Gasteiger partial charge on any atom is 0.330 e. The molecular weight excluding hydrogens is 527 g/mol. The number of methoxy groups -OCH3 is 1. The Labute approximate surface area is 218 Å².